The summed E-state index contributed by atoms with van der Waals surface area (Å²) in [5.74, 6) is -0.334. The van der Waals surface area contributed by atoms with Gasteiger partial charge in [0.2, 0.25) is 0 Å². The van der Waals surface area contributed by atoms with Crippen LogP contribution in [0.3, 0.4) is 0 Å². The Kier molecular flexibility index (Phi) is 4.66. The summed E-state index contributed by atoms with van der Waals surface area (Å²) in [7, 11) is 0. The van der Waals surface area contributed by atoms with Crippen molar-refractivity contribution in [2.24, 2.45) is 0 Å². The van der Waals surface area contributed by atoms with Gasteiger partial charge in [0.25, 0.3) is 0 Å². The molecular weight excluding hydrogens is 180 g/mol. The molecule has 0 amide bonds. The molecule has 0 aromatic heterocycles. The van der Waals surface area contributed by atoms with Gasteiger partial charge in [-0.2, -0.15) is 0 Å². The standard InChI is InChI=1S/C11H18O3/c1-3-9-10(14-9)7-5-6-8-13-11(12)4-2/h4,9-10H,2-3,5-8H2,1H3. The Bertz CT molecular complexity index is 201. The van der Waals surface area contributed by atoms with Gasteiger partial charge in [-0.05, 0) is 25.7 Å². The zero-order valence-corrected chi connectivity index (χ0v) is 8.70. The minimum atomic E-state index is -0.334. The number of ether oxygens (including phenoxy) is 2. The molecule has 0 aromatic rings. The zero-order valence-electron chi connectivity index (χ0n) is 8.70. The molecule has 1 rings (SSSR count). The van der Waals surface area contributed by atoms with Crippen LogP contribution < -0.4 is 0 Å². The van der Waals surface area contributed by atoms with Crippen LogP contribution in [0.15, 0.2) is 12.7 Å². The molecule has 0 bridgehead atoms. The van der Waals surface area contributed by atoms with E-state index in [4.69, 9.17) is 9.47 Å². The van der Waals surface area contributed by atoms with Gasteiger partial charge in [-0.3, -0.25) is 0 Å². The van der Waals surface area contributed by atoms with Crippen LogP contribution in [0.25, 0.3) is 0 Å². The van der Waals surface area contributed by atoms with Gasteiger partial charge in [-0.1, -0.05) is 13.5 Å². The predicted molar refractivity (Wildman–Crippen MR) is 54.0 cm³/mol. The number of hydrogen-bond donors (Lipinski definition) is 0. The van der Waals surface area contributed by atoms with Crippen LogP contribution in [0.4, 0.5) is 0 Å². The van der Waals surface area contributed by atoms with Gasteiger partial charge in [-0.25, -0.2) is 4.79 Å². The Hall–Kier alpha value is -0.830. The first kappa shape index (κ1) is 11.2. The lowest BCUT2D eigenvalue weighted by Gasteiger charge is -2.00. The van der Waals surface area contributed by atoms with E-state index in [0.717, 1.165) is 25.7 Å². The van der Waals surface area contributed by atoms with E-state index in [1.165, 1.54) is 6.08 Å². The first-order valence-corrected chi connectivity index (χ1v) is 5.22. The summed E-state index contributed by atoms with van der Waals surface area (Å²) in [4.78, 5) is 10.7. The molecule has 1 fully saturated rings. The van der Waals surface area contributed by atoms with Crippen molar-refractivity contribution in [3.8, 4) is 0 Å². The number of esters is 1. The molecule has 1 aliphatic heterocycles. The summed E-state index contributed by atoms with van der Waals surface area (Å²) in [5.41, 5.74) is 0. The average molecular weight is 198 g/mol. The zero-order chi connectivity index (χ0) is 10.4. The summed E-state index contributed by atoms with van der Waals surface area (Å²) < 4.78 is 10.2. The molecule has 0 aromatic carbocycles. The number of rotatable bonds is 7. The fraction of sp³-hybridized carbons (Fsp3) is 0.727. The Balaban J connectivity index is 1.86. The number of carbonyl (C=O) groups is 1. The third-order valence-electron chi connectivity index (χ3n) is 2.38. The van der Waals surface area contributed by atoms with Crippen molar-refractivity contribution in [1.29, 1.82) is 0 Å². The van der Waals surface area contributed by atoms with Crippen LogP contribution in [0.2, 0.25) is 0 Å². The lowest BCUT2D eigenvalue weighted by Crippen LogP contribution is -2.02. The average Bonchev–Trinajstić information content (AvgIpc) is 2.95. The summed E-state index contributed by atoms with van der Waals surface area (Å²) in [6.07, 6.45) is 6.32. The minimum Gasteiger partial charge on any atom is -0.463 e. The van der Waals surface area contributed by atoms with E-state index in [-0.39, 0.29) is 5.97 Å². The Labute approximate surface area is 85.1 Å². The van der Waals surface area contributed by atoms with Crippen LogP contribution in [-0.2, 0) is 14.3 Å². The smallest absolute Gasteiger partial charge is 0.330 e. The fourth-order valence-corrected chi connectivity index (χ4v) is 1.47. The van der Waals surface area contributed by atoms with Crippen LogP contribution >= 0.6 is 0 Å². The minimum absolute atomic E-state index is 0.334. The van der Waals surface area contributed by atoms with Gasteiger partial charge in [-0.15, -0.1) is 0 Å². The molecule has 0 spiro atoms. The quantitative estimate of drug-likeness (QED) is 0.272. The highest BCUT2D eigenvalue weighted by Crippen LogP contribution is 2.29. The van der Waals surface area contributed by atoms with Gasteiger partial charge in [0, 0.05) is 6.08 Å². The highest BCUT2D eigenvalue weighted by atomic mass is 16.6. The van der Waals surface area contributed by atoms with E-state index < -0.39 is 0 Å². The summed E-state index contributed by atoms with van der Waals surface area (Å²) in [5, 5.41) is 0. The van der Waals surface area contributed by atoms with Crippen molar-refractivity contribution < 1.29 is 14.3 Å². The Morgan fingerprint density at radius 3 is 2.86 bits per heavy atom. The maximum atomic E-state index is 10.7. The van der Waals surface area contributed by atoms with E-state index >= 15 is 0 Å². The molecule has 0 aliphatic carbocycles. The highest BCUT2D eigenvalue weighted by Gasteiger charge is 2.35. The predicted octanol–water partition coefficient (Wildman–Crippen LogP) is 2.06. The van der Waals surface area contributed by atoms with Gasteiger partial charge in [0.1, 0.15) is 0 Å². The highest BCUT2D eigenvalue weighted by molar-refractivity contribution is 5.81. The third kappa shape index (κ3) is 3.92. The van der Waals surface area contributed by atoms with Crippen molar-refractivity contribution in [2.45, 2.75) is 44.8 Å². The molecule has 0 N–H and O–H groups in total. The number of hydrogen-bond acceptors (Lipinski definition) is 3. The molecule has 80 valence electrons. The van der Waals surface area contributed by atoms with Crippen molar-refractivity contribution in [1.82, 2.24) is 0 Å². The largest absolute Gasteiger partial charge is 0.463 e. The van der Waals surface area contributed by atoms with Crippen LogP contribution in [0, 0.1) is 0 Å². The lowest BCUT2D eigenvalue weighted by molar-refractivity contribution is -0.137. The van der Waals surface area contributed by atoms with Crippen LogP contribution in [0.5, 0.6) is 0 Å². The number of unbranched alkanes of at least 4 members (excludes halogenated alkanes) is 1. The molecule has 2 atom stereocenters. The number of carbonyl (C=O) groups excluding carboxylic acids is 1. The SMILES string of the molecule is C=CC(=O)OCCCCC1OC1CC. The fourth-order valence-electron chi connectivity index (χ4n) is 1.47. The van der Waals surface area contributed by atoms with Gasteiger partial charge < -0.3 is 9.47 Å². The van der Waals surface area contributed by atoms with Crippen molar-refractivity contribution >= 4 is 5.97 Å². The second-order valence-corrected chi connectivity index (χ2v) is 3.49. The third-order valence-corrected chi connectivity index (χ3v) is 2.38. The molecule has 0 radical (unpaired) electrons. The maximum absolute atomic E-state index is 10.7. The molecule has 1 heterocycles. The second kappa shape index (κ2) is 5.81. The monoisotopic (exact) mass is 198 g/mol. The lowest BCUT2D eigenvalue weighted by atomic mass is 10.1. The van der Waals surface area contributed by atoms with Gasteiger partial charge in [0.15, 0.2) is 0 Å². The van der Waals surface area contributed by atoms with E-state index in [1.54, 1.807) is 0 Å². The van der Waals surface area contributed by atoms with E-state index in [0.29, 0.717) is 18.8 Å². The first-order chi connectivity index (χ1) is 6.77. The Morgan fingerprint density at radius 1 is 1.50 bits per heavy atom. The molecular formula is C11H18O3. The van der Waals surface area contributed by atoms with Crippen molar-refractivity contribution in [3.63, 3.8) is 0 Å². The number of epoxide rings is 1. The van der Waals surface area contributed by atoms with E-state index in [9.17, 15) is 4.79 Å². The van der Waals surface area contributed by atoms with Gasteiger partial charge in [0.05, 0.1) is 18.8 Å². The van der Waals surface area contributed by atoms with Crippen LogP contribution in [-0.4, -0.2) is 24.8 Å². The summed E-state index contributed by atoms with van der Waals surface area (Å²) in [6, 6.07) is 0. The molecule has 1 saturated heterocycles. The molecule has 3 nitrogen and oxygen atoms in total. The Morgan fingerprint density at radius 2 is 2.29 bits per heavy atom. The topological polar surface area (TPSA) is 38.8 Å². The molecule has 3 heteroatoms. The maximum Gasteiger partial charge on any atom is 0.330 e. The normalized spacial score (nSPS) is 24.4. The molecule has 2 unspecified atom stereocenters. The summed E-state index contributed by atoms with van der Waals surface area (Å²) in [6.45, 7) is 5.95. The van der Waals surface area contributed by atoms with Crippen LogP contribution in [0.1, 0.15) is 32.6 Å². The van der Waals surface area contributed by atoms with E-state index in [1.807, 2.05) is 0 Å². The summed E-state index contributed by atoms with van der Waals surface area (Å²) >= 11 is 0. The molecule has 14 heavy (non-hydrogen) atoms. The van der Waals surface area contributed by atoms with Gasteiger partial charge >= 0.3 is 5.97 Å². The second-order valence-electron chi connectivity index (χ2n) is 3.49. The first-order valence-electron chi connectivity index (χ1n) is 5.22. The molecule has 0 saturated carbocycles. The van der Waals surface area contributed by atoms with Crippen molar-refractivity contribution in [3.05, 3.63) is 12.7 Å². The molecule has 1 aliphatic rings. The van der Waals surface area contributed by atoms with E-state index in [2.05, 4.69) is 13.5 Å². The van der Waals surface area contributed by atoms with Crippen molar-refractivity contribution in [2.75, 3.05) is 6.61 Å².